The van der Waals surface area contributed by atoms with Crippen molar-refractivity contribution < 1.29 is 9.53 Å². The third kappa shape index (κ3) is 3.54. The van der Waals surface area contributed by atoms with Gasteiger partial charge in [-0.2, -0.15) is 0 Å². The number of nitrogens with one attached hydrogen (secondary N) is 1. The molecule has 0 spiro atoms. The van der Waals surface area contributed by atoms with Crippen LogP contribution in [-0.2, 0) is 11.2 Å². The number of aryl methyl sites for hydroxylation is 1. The van der Waals surface area contributed by atoms with Crippen LogP contribution in [0.1, 0.15) is 29.3 Å². The van der Waals surface area contributed by atoms with Crippen LogP contribution in [0.25, 0.3) is 0 Å². The first-order chi connectivity index (χ1) is 10.2. The van der Waals surface area contributed by atoms with Gasteiger partial charge in [0.2, 0.25) is 0 Å². The van der Waals surface area contributed by atoms with Crippen molar-refractivity contribution in [1.29, 1.82) is 0 Å². The van der Waals surface area contributed by atoms with Crippen molar-refractivity contribution in [1.82, 2.24) is 0 Å². The highest BCUT2D eigenvalue weighted by atomic mass is 16.5. The molecule has 0 aliphatic heterocycles. The number of carbonyl (C=O) groups is 1. The normalized spacial score (nSPS) is 10.2. The first-order valence-corrected chi connectivity index (χ1v) is 6.98. The van der Waals surface area contributed by atoms with Crippen LogP contribution >= 0.6 is 0 Å². The molecule has 0 radical (unpaired) electrons. The zero-order chi connectivity index (χ0) is 15.2. The maximum Gasteiger partial charge on any atom is 0.340 e. The van der Waals surface area contributed by atoms with Crippen molar-refractivity contribution in [3.63, 3.8) is 0 Å². The molecule has 0 bridgehead atoms. The minimum Gasteiger partial charge on any atom is -0.465 e. The summed E-state index contributed by atoms with van der Waals surface area (Å²) in [5, 5.41) is 3.31. The molecule has 2 aromatic rings. The van der Waals surface area contributed by atoms with Crippen molar-refractivity contribution in [3.8, 4) is 0 Å². The van der Waals surface area contributed by atoms with E-state index in [1.165, 1.54) is 12.7 Å². The summed E-state index contributed by atoms with van der Waals surface area (Å²) in [7, 11) is 1.36. The minimum atomic E-state index is -0.405. The summed E-state index contributed by atoms with van der Waals surface area (Å²) < 4.78 is 4.81. The van der Waals surface area contributed by atoms with Crippen molar-refractivity contribution in [2.24, 2.45) is 0 Å². The van der Waals surface area contributed by atoms with Crippen LogP contribution in [-0.4, -0.2) is 13.1 Å². The van der Waals surface area contributed by atoms with E-state index in [4.69, 9.17) is 10.5 Å². The van der Waals surface area contributed by atoms with Gasteiger partial charge in [0.15, 0.2) is 0 Å². The molecule has 4 heteroatoms. The first kappa shape index (κ1) is 14.9. The largest absolute Gasteiger partial charge is 0.465 e. The van der Waals surface area contributed by atoms with Crippen LogP contribution in [0.3, 0.4) is 0 Å². The molecule has 0 saturated heterocycles. The van der Waals surface area contributed by atoms with Gasteiger partial charge in [0.05, 0.1) is 18.4 Å². The van der Waals surface area contributed by atoms with E-state index in [-0.39, 0.29) is 0 Å². The summed E-state index contributed by atoms with van der Waals surface area (Å²) in [5.74, 6) is -0.405. The molecular formula is C17H20N2O2. The van der Waals surface area contributed by atoms with Crippen LogP contribution in [0.4, 0.5) is 17.1 Å². The van der Waals surface area contributed by atoms with Crippen LogP contribution in [0.15, 0.2) is 42.5 Å². The van der Waals surface area contributed by atoms with E-state index in [0.29, 0.717) is 16.9 Å². The van der Waals surface area contributed by atoms with E-state index < -0.39 is 5.97 Å². The van der Waals surface area contributed by atoms with E-state index in [1.54, 1.807) is 18.2 Å². The predicted molar refractivity (Wildman–Crippen MR) is 85.9 cm³/mol. The summed E-state index contributed by atoms with van der Waals surface area (Å²) in [4.78, 5) is 11.9. The van der Waals surface area contributed by atoms with Crippen LogP contribution in [0.2, 0.25) is 0 Å². The SMILES string of the molecule is CCCc1ccccc1Nc1ccc(N)cc1C(=O)OC. The Labute approximate surface area is 124 Å². The standard InChI is InChI=1S/C17H20N2O2/c1-3-6-12-7-4-5-8-15(12)19-16-10-9-13(18)11-14(16)17(20)21-2/h4-5,7-11,19H,3,6,18H2,1-2H3. The van der Waals surface area contributed by atoms with Crippen molar-refractivity contribution in [2.75, 3.05) is 18.2 Å². The fraction of sp³-hybridized carbons (Fsp3) is 0.235. The molecule has 4 nitrogen and oxygen atoms in total. The summed E-state index contributed by atoms with van der Waals surface area (Å²) in [6, 6.07) is 13.2. The first-order valence-electron chi connectivity index (χ1n) is 6.98. The highest BCUT2D eigenvalue weighted by Crippen LogP contribution is 2.26. The van der Waals surface area contributed by atoms with Gasteiger partial charge in [0, 0.05) is 11.4 Å². The zero-order valence-corrected chi connectivity index (χ0v) is 12.3. The number of carbonyl (C=O) groups excluding carboxylic acids is 1. The number of para-hydroxylation sites is 1. The lowest BCUT2D eigenvalue weighted by Crippen LogP contribution is -2.07. The van der Waals surface area contributed by atoms with E-state index in [1.807, 2.05) is 18.2 Å². The van der Waals surface area contributed by atoms with Crippen molar-refractivity contribution >= 4 is 23.0 Å². The Morgan fingerprint density at radius 2 is 1.95 bits per heavy atom. The molecule has 0 aliphatic carbocycles. The molecule has 0 unspecified atom stereocenters. The van der Waals surface area contributed by atoms with Gasteiger partial charge in [-0.05, 0) is 36.2 Å². The molecular weight excluding hydrogens is 264 g/mol. The minimum absolute atomic E-state index is 0.405. The zero-order valence-electron chi connectivity index (χ0n) is 12.3. The van der Waals surface area contributed by atoms with Gasteiger partial charge < -0.3 is 15.8 Å². The number of methoxy groups -OCH3 is 1. The van der Waals surface area contributed by atoms with Gasteiger partial charge in [0.1, 0.15) is 0 Å². The average Bonchev–Trinajstić information content (AvgIpc) is 2.50. The van der Waals surface area contributed by atoms with Crippen molar-refractivity contribution in [3.05, 3.63) is 53.6 Å². The molecule has 21 heavy (non-hydrogen) atoms. The van der Waals surface area contributed by atoms with Gasteiger partial charge in [-0.3, -0.25) is 0 Å². The Bertz CT molecular complexity index is 638. The molecule has 2 rings (SSSR count). The Kier molecular flexibility index (Phi) is 4.82. The van der Waals surface area contributed by atoms with E-state index >= 15 is 0 Å². The second-order valence-electron chi connectivity index (χ2n) is 4.83. The van der Waals surface area contributed by atoms with Crippen molar-refractivity contribution in [2.45, 2.75) is 19.8 Å². The molecule has 0 aliphatic rings. The maximum absolute atomic E-state index is 11.9. The Balaban J connectivity index is 2.38. The average molecular weight is 284 g/mol. The summed E-state index contributed by atoms with van der Waals surface area (Å²) in [6.45, 7) is 2.14. The number of ether oxygens (including phenoxy) is 1. The molecule has 0 amide bonds. The highest BCUT2D eigenvalue weighted by molar-refractivity contribution is 5.97. The fourth-order valence-electron chi connectivity index (χ4n) is 2.22. The summed E-state index contributed by atoms with van der Waals surface area (Å²) >= 11 is 0. The lowest BCUT2D eigenvalue weighted by atomic mass is 10.1. The number of anilines is 3. The second kappa shape index (κ2) is 6.79. The maximum atomic E-state index is 11.9. The van der Waals surface area contributed by atoms with Crippen LogP contribution in [0, 0.1) is 0 Å². The quantitative estimate of drug-likeness (QED) is 0.648. The molecule has 0 aromatic heterocycles. The van der Waals surface area contributed by atoms with E-state index in [9.17, 15) is 4.79 Å². The Hall–Kier alpha value is -2.49. The topological polar surface area (TPSA) is 64.3 Å². The monoisotopic (exact) mass is 284 g/mol. The number of nitrogen functional groups attached to an aromatic ring is 1. The second-order valence-corrected chi connectivity index (χ2v) is 4.83. The number of hydrogen-bond acceptors (Lipinski definition) is 4. The molecule has 0 heterocycles. The molecule has 2 aromatic carbocycles. The van der Waals surface area contributed by atoms with Gasteiger partial charge in [0.25, 0.3) is 0 Å². The number of benzene rings is 2. The van der Waals surface area contributed by atoms with Gasteiger partial charge in [-0.25, -0.2) is 4.79 Å². The smallest absolute Gasteiger partial charge is 0.340 e. The number of rotatable bonds is 5. The van der Waals surface area contributed by atoms with Crippen LogP contribution < -0.4 is 11.1 Å². The van der Waals surface area contributed by atoms with Gasteiger partial charge >= 0.3 is 5.97 Å². The summed E-state index contributed by atoms with van der Waals surface area (Å²) in [5.41, 5.74) is 9.62. The number of hydrogen-bond donors (Lipinski definition) is 2. The van der Waals surface area contributed by atoms with E-state index in [2.05, 4.69) is 18.3 Å². The molecule has 3 N–H and O–H groups in total. The Morgan fingerprint density at radius 1 is 1.19 bits per heavy atom. The predicted octanol–water partition coefficient (Wildman–Crippen LogP) is 3.75. The fourth-order valence-corrected chi connectivity index (χ4v) is 2.22. The van der Waals surface area contributed by atoms with E-state index in [0.717, 1.165) is 18.5 Å². The lowest BCUT2D eigenvalue weighted by molar-refractivity contribution is 0.0602. The number of nitrogens with two attached hydrogens (primary N) is 1. The molecule has 0 atom stereocenters. The lowest BCUT2D eigenvalue weighted by Gasteiger charge is -2.14. The highest BCUT2D eigenvalue weighted by Gasteiger charge is 2.13. The van der Waals surface area contributed by atoms with Gasteiger partial charge in [-0.15, -0.1) is 0 Å². The summed E-state index contributed by atoms with van der Waals surface area (Å²) in [6.07, 6.45) is 2.04. The molecule has 0 fully saturated rings. The van der Waals surface area contributed by atoms with Crippen LogP contribution in [0.5, 0.6) is 0 Å². The molecule has 110 valence electrons. The Morgan fingerprint density at radius 3 is 2.67 bits per heavy atom. The number of esters is 1. The molecule has 0 saturated carbocycles. The third-order valence-electron chi connectivity index (χ3n) is 3.25. The van der Waals surface area contributed by atoms with Gasteiger partial charge in [-0.1, -0.05) is 31.5 Å². The third-order valence-corrected chi connectivity index (χ3v) is 3.25.